The van der Waals surface area contributed by atoms with E-state index in [9.17, 15) is 0 Å². The van der Waals surface area contributed by atoms with E-state index in [0.29, 0.717) is 0 Å². The average Bonchev–Trinajstić information content (AvgIpc) is 2.14. The quantitative estimate of drug-likeness (QED) is 0.714. The van der Waals surface area contributed by atoms with Gasteiger partial charge in [-0.2, -0.15) is 0 Å². The maximum absolute atomic E-state index is 4.47. The van der Waals surface area contributed by atoms with Crippen molar-refractivity contribution in [3.63, 3.8) is 0 Å². The summed E-state index contributed by atoms with van der Waals surface area (Å²) >= 11 is 0. The third kappa shape index (κ3) is 4.13. The van der Waals surface area contributed by atoms with Crippen LogP contribution < -0.4 is 0 Å². The summed E-state index contributed by atoms with van der Waals surface area (Å²) in [5.74, 6) is 0. The summed E-state index contributed by atoms with van der Waals surface area (Å²) in [4.78, 5) is 8.64. The first-order valence-electron chi connectivity index (χ1n) is 5.78. The van der Waals surface area contributed by atoms with Gasteiger partial charge in [0.15, 0.2) is 0 Å². The maximum atomic E-state index is 4.47. The van der Waals surface area contributed by atoms with Gasteiger partial charge in [0.2, 0.25) is 0 Å². The minimum absolute atomic E-state index is 0.277. The Morgan fingerprint density at radius 1 is 1.19 bits per heavy atom. The zero-order valence-corrected chi connectivity index (χ0v) is 11.0. The van der Waals surface area contributed by atoms with Crippen LogP contribution in [0.2, 0.25) is 0 Å². The molecule has 2 nitrogen and oxygen atoms in total. The predicted octanol–water partition coefficient (Wildman–Crippen LogP) is 3.36. The van der Waals surface area contributed by atoms with Crippen LogP contribution in [0, 0.1) is 19.3 Å². The highest BCUT2D eigenvalue weighted by atomic mass is 14.7. The molecule has 88 valence electrons. The van der Waals surface area contributed by atoms with E-state index in [0.717, 1.165) is 13.0 Å². The standard InChI is InChI=1S/C14H22N2/c1-11-8-16-9-12(2)13(11)6-7-15-10-14(3,4)5/h7-9H,6,10H2,1-5H3. The van der Waals surface area contributed by atoms with Crippen molar-refractivity contribution in [3.8, 4) is 0 Å². The van der Waals surface area contributed by atoms with Crippen molar-refractivity contribution < 1.29 is 0 Å². The first kappa shape index (κ1) is 12.9. The van der Waals surface area contributed by atoms with Crippen molar-refractivity contribution in [2.24, 2.45) is 10.4 Å². The molecule has 0 saturated heterocycles. The summed E-state index contributed by atoms with van der Waals surface area (Å²) in [5, 5.41) is 0. The zero-order valence-electron chi connectivity index (χ0n) is 11.0. The largest absolute Gasteiger partial charge is 0.297 e. The normalized spacial score (nSPS) is 12.3. The molecule has 0 aliphatic heterocycles. The second-order valence-electron chi connectivity index (χ2n) is 5.54. The van der Waals surface area contributed by atoms with E-state index in [1.165, 1.54) is 16.7 Å². The summed E-state index contributed by atoms with van der Waals surface area (Å²) in [6, 6.07) is 0. The lowest BCUT2D eigenvalue weighted by molar-refractivity contribution is 0.430. The van der Waals surface area contributed by atoms with Crippen molar-refractivity contribution in [1.82, 2.24) is 4.98 Å². The number of hydrogen-bond acceptors (Lipinski definition) is 2. The van der Waals surface area contributed by atoms with Crippen molar-refractivity contribution in [3.05, 3.63) is 29.1 Å². The fourth-order valence-electron chi connectivity index (χ4n) is 1.54. The molecular formula is C14H22N2. The molecular weight excluding hydrogens is 196 g/mol. The molecule has 0 spiro atoms. The van der Waals surface area contributed by atoms with E-state index in [4.69, 9.17) is 0 Å². The average molecular weight is 218 g/mol. The van der Waals surface area contributed by atoms with E-state index < -0.39 is 0 Å². The molecule has 0 aliphatic carbocycles. The molecule has 0 saturated carbocycles. The molecule has 0 bridgehead atoms. The second-order valence-corrected chi connectivity index (χ2v) is 5.54. The Balaban J connectivity index is 2.61. The Morgan fingerprint density at radius 3 is 2.25 bits per heavy atom. The predicted molar refractivity (Wildman–Crippen MR) is 70.2 cm³/mol. The van der Waals surface area contributed by atoms with Gasteiger partial charge in [-0.1, -0.05) is 20.8 Å². The van der Waals surface area contributed by atoms with Crippen LogP contribution in [0.1, 0.15) is 37.5 Å². The van der Waals surface area contributed by atoms with E-state index >= 15 is 0 Å². The lowest BCUT2D eigenvalue weighted by Crippen LogP contribution is -2.09. The van der Waals surface area contributed by atoms with Crippen LogP contribution in [0.25, 0.3) is 0 Å². The Morgan fingerprint density at radius 2 is 1.75 bits per heavy atom. The Hall–Kier alpha value is -1.18. The molecule has 1 rings (SSSR count). The van der Waals surface area contributed by atoms with Gasteiger partial charge >= 0.3 is 0 Å². The van der Waals surface area contributed by atoms with Crippen LogP contribution in [-0.2, 0) is 6.42 Å². The molecule has 2 heteroatoms. The number of aromatic nitrogens is 1. The van der Waals surface area contributed by atoms with E-state index in [1.807, 2.05) is 18.6 Å². The van der Waals surface area contributed by atoms with Gasteiger partial charge < -0.3 is 0 Å². The van der Waals surface area contributed by atoms with Gasteiger partial charge in [-0.25, -0.2) is 0 Å². The summed E-state index contributed by atoms with van der Waals surface area (Å²) < 4.78 is 0. The monoisotopic (exact) mass is 218 g/mol. The van der Waals surface area contributed by atoms with Crippen LogP contribution in [0.15, 0.2) is 17.4 Å². The molecule has 0 fully saturated rings. The van der Waals surface area contributed by atoms with Gasteiger partial charge in [0.1, 0.15) is 0 Å². The summed E-state index contributed by atoms with van der Waals surface area (Å²) in [6.07, 6.45) is 6.77. The van der Waals surface area contributed by atoms with Gasteiger partial charge in [0, 0.05) is 31.6 Å². The van der Waals surface area contributed by atoms with Crippen molar-refractivity contribution in [1.29, 1.82) is 0 Å². The van der Waals surface area contributed by atoms with Crippen LogP contribution in [-0.4, -0.2) is 17.7 Å². The van der Waals surface area contributed by atoms with E-state index in [2.05, 4.69) is 44.6 Å². The van der Waals surface area contributed by atoms with E-state index in [1.54, 1.807) is 0 Å². The minimum Gasteiger partial charge on any atom is -0.297 e. The highest BCUT2D eigenvalue weighted by Crippen LogP contribution is 2.13. The fraction of sp³-hybridized carbons (Fsp3) is 0.571. The van der Waals surface area contributed by atoms with Crippen LogP contribution in [0.5, 0.6) is 0 Å². The molecule has 1 aromatic rings. The smallest absolute Gasteiger partial charge is 0.0434 e. The lowest BCUT2D eigenvalue weighted by Gasteiger charge is -2.14. The molecule has 1 aromatic heterocycles. The SMILES string of the molecule is Cc1cncc(C)c1CC=NCC(C)(C)C. The molecule has 0 atom stereocenters. The summed E-state index contributed by atoms with van der Waals surface area (Å²) in [5.41, 5.74) is 4.14. The summed E-state index contributed by atoms with van der Waals surface area (Å²) in [6.45, 7) is 11.7. The minimum atomic E-state index is 0.277. The highest BCUT2D eigenvalue weighted by Gasteiger charge is 2.07. The highest BCUT2D eigenvalue weighted by molar-refractivity contribution is 5.63. The third-order valence-electron chi connectivity index (χ3n) is 2.48. The summed E-state index contributed by atoms with van der Waals surface area (Å²) in [7, 11) is 0. The molecule has 0 amide bonds. The molecule has 1 heterocycles. The number of pyridine rings is 1. The third-order valence-corrected chi connectivity index (χ3v) is 2.48. The number of nitrogens with zero attached hydrogens (tertiary/aromatic N) is 2. The Labute approximate surface area is 98.8 Å². The van der Waals surface area contributed by atoms with Gasteiger partial charge in [0.05, 0.1) is 0 Å². The van der Waals surface area contributed by atoms with Crippen LogP contribution >= 0.6 is 0 Å². The zero-order chi connectivity index (χ0) is 12.2. The first-order chi connectivity index (χ1) is 7.40. The van der Waals surface area contributed by atoms with Gasteiger partial charge in [0.25, 0.3) is 0 Å². The van der Waals surface area contributed by atoms with E-state index in [-0.39, 0.29) is 5.41 Å². The molecule has 0 unspecified atom stereocenters. The molecule has 0 aliphatic rings. The molecule has 16 heavy (non-hydrogen) atoms. The van der Waals surface area contributed by atoms with Gasteiger partial charge in [-0.3, -0.25) is 9.98 Å². The van der Waals surface area contributed by atoms with Crippen molar-refractivity contribution >= 4 is 6.21 Å². The van der Waals surface area contributed by atoms with Crippen molar-refractivity contribution in [2.45, 2.75) is 41.0 Å². The molecule has 0 radical (unpaired) electrons. The number of rotatable bonds is 3. The Bertz CT molecular complexity index is 353. The van der Waals surface area contributed by atoms with Crippen LogP contribution in [0.4, 0.5) is 0 Å². The van der Waals surface area contributed by atoms with Crippen molar-refractivity contribution in [2.75, 3.05) is 6.54 Å². The lowest BCUT2D eigenvalue weighted by atomic mass is 9.97. The number of hydrogen-bond donors (Lipinski definition) is 0. The second kappa shape index (κ2) is 5.24. The van der Waals surface area contributed by atoms with Gasteiger partial charge in [-0.05, 0) is 36.0 Å². The number of aryl methyl sites for hydroxylation is 2. The Kier molecular flexibility index (Phi) is 4.22. The topological polar surface area (TPSA) is 25.2 Å². The molecule has 0 aromatic carbocycles. The first-order valence-corrected chi connectivity index (χ1v) is 5.78. The van der Waals surface area contributed by atoms with Gasteiger partial charge in [-0.15, -0.1) is 0 Å². The molecule has 0 N–H and O–H groups in total. The maximum Gasteiger partial charge on any atom is 0.0434 e. The fourth-order valence-corrected chi connectivity index (χ4v) is 1.54. The van der Waals surface area contributed by atoms with Crippen LogP contribution in [0.3, 0.4) is 0 Å². The number of aliphatic imine (C=N–C) groups is 1.